The Balaban J connectivity index is 1.78. The minimum absolute atomic E-state index is 0.154. The standard InChI is InChI=1S/C15H22N2O/c1-12(13-6-3-2-4-7-13)10-17-15(18)14-8-5-9-16-11-14/h2-4,6-7,12,14,16H,5,8-11H2,1H3,(H,17,18)/t12?,14-/m0/s1. The zero-order valence-electron chi connectivity index (χ0n) is 11.0. The molecule has 2 atom stereocenters. The SMILES string of the molecule is CC(CNC(=O)[C@H]1CCCNC1)c1ccccc1. The second-order valence-corrected chi connectivity index (χ2v) is 5.10. The number of rotatable bonds is 4. The fourth-order valence-corrected chi connectivity index (χ4v) is 2.37. The Morgan fingerprint density at radius 2 is 2.22 bits per heavy atom. The molecule has 1 unspecified atom stereocenters. The van der Waals surface area contributed by atoms with Gasteiger partial charge in [0.2, 0.25) is 5.91 Å². The molecule has 0 aromatic heterocycles. The van der Waals surface area contributed by atoms with Crippen molar-refractivity contribution in [3.8, 4) is 0 Å². The first-order valence-electron chi connectivity index (χ1n) is 6.80. The highest BCUT2D eigenvalue weighted by Crippen LogP contribution is 2.14. The summed E-state index contributed by atoms with van der Waals surface area (Å²) < 4.78 is 0. The third-order valence-corrected chi connectivity index (χ3v) is 3.62. The van der Waals surface area contributed by atoms with Crippen LogP contribution in [0, 0.1) is 5.92 Å². The zero-order chi connectivity index (χ0) is 12.8. The Bertz CT molecular complexity index is 371. The molecule has 1 aromatic carbocycles. The topological polar surface area (TPSA) is 41.1 Å². The molecule has 3 nitrogen and oxygen atoms in total. The molecule has 18 heavy (non-hydrogen) atoms. The van der Waals surface area contributed by atoms with Gasteiger partial charge in [-0.2, -0.15) is 0 Å². The Kier molecular flexibility index (Phi) is 4.76. The van der Waals surface area contributed by atoms with E-state index < -0.39 is 0 Å². The van der Waals surface area contributed by atoms with Gasteiger partial charge in [-0.25, -0.2) is 0 Å². The van der Waals surface area contributed by atoms with Crippen molar-refractivity contribution in [2.75, 3.05) is 19.6 Å². The summed E-state index contributed by atoms with van der Waals surface area (Å²) in [7, 11) is 0. The lowest BCUT2D eigenvalue weighted by Crippen LogP contribution is -2.41. The largest absolute Gasteiger partial charge is 0.355 e. The lowest BCUT2D eigenvalue weighted by Gasteiger charge is -2.23. The van der Waals surface area contributed by atoms with Crippen LogP contribution in [0.5, 0.6) is 0 Å². The molecule has 1 fully saturated rings. The number of benzene rings is 1. The van der Waals surface area contributed by atoms with Gasteiger partial charge in [0.05, 0.1) is 5.92 Å². The molecular weight excluding hydrogens is 224 g/mol. The molecule has 0 bridgehead atoms. The average Bonchev–Trinajstić information content (AvgIpc) is 2.46. The van der Waals surface area contributed by atoms with Gasteiger partial charge in [-0.05, 0) is 30.9 Å². The van der Waals surface area contributed by atoms with Gasteiger partial charge in [0.1, 0.15) is 0 Å². The third-order valence-electron chi connectivity index (χ3n) is 3.62. The maximum Gasteiger partial charge on any atom is 0.224 e. The van der Waals surface area contributed by atoms with Crippen molar-refractivity contribution in [2.45, 2.75) is 25.7 Å². The highest BCUT2D eigenvalue weighted by Gasteiger charge is 2.20. The first-order chi connectivity index (χ1) is 8.77. The van der Waals surface area contributed by atoms with Gasteiger partial charge < -0.3 is 10.6 Å². The lowest BCUT2D eigenvalue weighted by atomic mass is 9.97. The number of amides is 1. The van der Waals surface area contributed by atoms with E-state index in [9.17, 15) is 4.79 Å². The van der Waals surface area contributed by atoms with Crippen molar-refractivity contribution >= 4 is 5.91 Å². The molecule has 0 spiro atoms. The minimum Gasteiger partial charge on any atom is -0.355 e. The van der Waals surface area contributed by atoms with Crippen LogP contribution in [0.3, 0.4) is 0 Å². The molecule has 1 heterocycles. The van der Waals surface area contributed by atoms with Crippen molar-refractivity contribution in [2.24, 2.45) is 5.92 Å². The van der Waals surface area contributed by atoms with E-state index in [4.69, 9.17) is 0 Å². The monoisotopic (exact) mass is 246 g/mol. The summed E-state index contributed by atoms with van der Waals surface area (Å²) in [6.45, 7) is 4.74. The first kappa shape index (κ1) is 13.1. The molecule has 3 heteroatoms. The Morgan fingerprint density at radius 1 is 1.44 bits per heavy atom. The smallest absolute Gasteiger partial charge is 0.224 e. The van der Waals surface area contributed by atoms with Crippen LogP contribution in [0.2, 0.25) is 0 Å². The molecule has 98 valence electrons. The molecular formula is C15H22N2O. The van der Waals surface area contributed by atoms with E-state index >= 15 is 0 Å². The second-order valence-electron chi connectivity index (χ2n) is 5.10. The molecule has 1 aliphatic rings. The van der Waals surface area contributed by atoms with E-state index in [1.807, 2.05) is 18.2 Å². The summed E-state index contributed by atoms with van der Waals surface area (Å²) in [5.41, 5.74) is 1.28. The number of nitrogens with one attached hydrogen (secondary N) is 2. The molecule has 2 N–H and O–H groups in total. The van der Waals surface area contributed by atoms with Crippen LogP contribution in [0.4, 0.5) is 0 Å². The molecule has 0 aliphatic carbocycles. The predicted molar refractivity (Wildman–Crippen MR) is 73.5 cm³/mol. The Hall–Kier alpha value is -1.35. The average molecular weight is 246 g/mol. The van der Waals surface area contributed by atoms with Gasteiger partial charge in [0.25, 0.3) is 0 Å². The molecule has 2 rings (SSSR count). The van der Waals surface area contributed by atoms with Gasteiger partial charge in [-0.1, -0.05) is 37.3 Å². The van der Waals surface area contributed by atoms with Gasteiger partial charge in [-0.15, -0.1) is 0 Å². The molecule has 1 saturated heterocycles. The normalized spacial score (nSPS) is 21.3. The molecule has 1 amide bonds. The van der Waals surface area contributed by atoms with E-state index in [1.165, 1.54) is 5.56 Å². The summed E-state index contributed by atoms with van der Waals surface area (Å²) in [5.74, 6) is 0.721. The first-order valence-corrected chi connectivity index (χ1v) is 6.80. The van der Waals surface area contributed by atoms with Crippen molar-refractivity contribution < 1.29 is 4.79 Å². The number of carbonyl (C=O) groups is 1. The second kappa shape index (κ2) is 6.55. The number of hydrogen-bond donors (Lipinski definition) is 2. The predicted octanol–water partition coefficient (Wildman–Crippen LogP) is 1.91. The van der Waals surface area contributed by atoms with Crippen molar-refractivity contribution in [3.63, 3.8) is 0 Å². The van der Waals surface area contributed by atoms with Crippen molar-refractivity contribution in [1.29, 1.82) is 0 Å². The summed E-state index contributed by atoms with van der Waals surface area (Å²) in [4.78, 5) is 12.0. The maximum atomic E-state index is 12.0. The van der Waals surface area contributed by atoms with Crippen molar-refractivity contribution in [1.82, 2.24) is 10.6 Å². The molecule has 0 saturated carbocycles. The molecule has 1 aromatic rings. The summed E-state index contributed by atoms with van der Waals surface area (Å²) in [6, 6.07) is 10.3. The van der Waals surface area contributed by atoms with Crippen LogP contribution in [0.25, 0.3) is 0 Å². The number of hydrogen-bond acceptors (Lipinski definition) is 2. The molecule has 0 radical (unpaired) electrons. The minimum atomic E-state index is 0.154. The Morgan fingerprint density at radius 3 is 2.89 bits per heavy atom. The molecule has 1 aliphatic heterocycles. The highest BCUT2D eigenvalue weighted by molar-refractivity contribution is 5.79. The van der Waals surface area contributed by atoms with E-state index in [0.29, 0.717) is 5.92 Å². The highest BCUT2D eigenvalue weighted by atomic mass is 16.1. The fourth-order valence-electron chi connectivity index (χ4n) is 2.37. The van der Waals surface area contributed by atoms with Gasteiger partial charge in [0.15, 0.2) is 0 Å². The number of carbonyl (C=O) groups excluding carboxylic acids is 1. The van der Waals surface area contributed by atoms with Crippen molar-refractivity contribution in [3.05, 3.63) is 35.9 Å². The summed E-state index contributed by atoms with van der Waals surface area (Å²) >= 11 is 0. The van der Waals surface area contributed by atoms with Crippen LogP contribution in [-0.4, -0.2) is 25.5 Å². The summed E-state index contributed by atoms with van der Waals surface area (Å²) in [5, 5.41) is 6.35. The number of piperidine rings is 1. The maximum absolute atomic E-state index is 12.0. The quantitative estimate of drug-likeness (QED) is 0.852. The van der Waals surface area contributed by atoms with Crippen LogP contribution in [0.15, 0.2) is 30.3 Å². The van der Waals surface area contributed by atoms with Crippen LogP contribution in [0.1, 0.15) is 31.2 Å². The van der Waals surface area contributed by atoms with E-state index in [2.05, 4.69) is 29.7 Å². The third kappa shape index (κ3) is 3.57. The van der Waals surface area contributed by atoms with E-state index in [-0.39, 0.29) is 11.8 Å². The van der Waals surface area contributed by atoms with Crippen LogP contribution < -0.4 is 10.6 Å². The Labute approximate surface area is 109 Å². The van der Waals surface area contributed by atoms with E-state index in [0.717, 1.165) is 32.5 Å². The van der Waals surface area contributed by atoms with E-state index in [1.54, 1.807) is 0 Å². The van der Waals surface area contributed by atoms with Gasteiger partial charge in [-0.3, -0.25) is 4.79 Å². The zero-order valence-corrected chi connectivity index (χ0v) is 11.0. The summed E-state index contributed by atoms with van der Waals surface area (Å²) in [6.07, 6.45) is 2.12. The van der Waals surface area contributed by atoms with Crippen LogP contribution >= 0.6 is 0 Å². The van der Waals surface area contributed by atoms with Gasteiger partial charge in [0, 0.05) is 13.1 Å². The van der Waals surface area contributed by atoms with Gasteiger partial charge >= 0.3 is 0 Å². The van der Waals surface area contributed by atoms with Crippen LogP contribution in [-0.2, 0) is 4.79 Å². The lowest BCUT2D eigenvalue weighted by molar-refractivity contribution is -0.125. The fraction of sp³-hybridized carbons (Fsp3) is 0.533.